The molecule has 1 saturated heterocycles. The monoisotopic (exact) mass is 483 g/mol. The van der Waals surface area contributed by atoms with Gasteiger partial charge in [-0.15, -0.1) is 5.10 Å². The van der Waals surface area contributed by atoms with Gasteiger partial charge in [0, 0.05) is 26.2 Å². The third-order valence-electron chi connectivity index (χ3n) is 6.26. The molecule has 2 amide bonds. The van der Waals surface area contributed by atoms with Crippen LogP contribution in [0.5, 0.6) is 0 Å². The van der Waals surface area contributed by atoms with Gasteiger partial charge in [-0.3, -0.25) is 9.59 Å². The highest BCUT2D eigenvalue weighted by molar-refractivity contribution is 6.33. The van der Waals surface area contributed by atoms with Crippen LogP contribution in [0.1, 0.15) is 43.8 Å². The first-order chi connectivity index (χ1) is 16.4. The molecule has 1 aromatic heterocycles. The molecule has 176 valence electrons. The molecular weight excluding hydrogens is 461 g/mol. The third-order valence-corrected chi connectivity index (χ3v) is 6.58. The topological polar surface area (TPSA) is 80.6 Å². The number of rotatable bonds is 3. The Kier molecular flexibility index (Phi) is 6.05. The van der Waals surface area contributed by atoms with Crippen LogP contribution in [-0.2, 0) is 17.9 Å². The van der Waals surface area contributed by atoms with E-state index in [9.17, 15) is 14.0 Å². The zero-order valence-corrected chi connectivity index (χ0v) is 19.3. The van der Waals surface area contributed by atoms with Gasteiger partial charge in [-0.05, 0) is 30.7 Å². The zero-order chi connectivity index (χ0) is 23.8. The highest BCUT2D eigenvalue weighted by atomic mass is 35.5. The quantitative estimate of drug-likeness (QED) is 0.571. The number of hydrogen-bond acceptors (Lipinski definition) is 5. The highest BCUT2D eigenvalue weighted by Crippen LogP contribution is 2.28. The predicted molar refractivity (Wildman–Crippen MR) is 122 cm³/mol. The maximum atomic E-state index is 13.3. The van der Waals surface area contributed by atoms with Crippen molar-refractivity contribution in [2.24, 2.45) is 0 Å². The number of amides is 2. The van der Waals surface area contributed by atoms with E-state index in [1.807, 2.05) is 31.2 Å². The number of carbonyl (C=O) groups excluding carboxylic acids is 2. The molecule has 2 aliphatic rings. The summed E-state index contributed by atoms with van der Waals surface area (Å²) >= 11 is 6.03. The summed E-state index contributed by atoms with van der Waals surface area (Å²) in [6, 6.07) is 11.9. The van der Waals surface area contributed by atoms with Crippen LogP contribution in [0.25, 0.3) is 0 Å². The third kappa shape index (κ3) is 4.28. The van der Waals surface area contributed by atoms with E-state index in [1.165, 1.54) is 17.7 Å². The predicted octanol–water partition coefficient (Wildman–Crippen LogP) is 3.25. The molecule has 2 aliphatic heterocycles. The first kappa shape index (κ1) is 22.5. The maximum absolute atomic E-state index is 13.3. The van der Waals surface area contributed by atoms with E-state index >= 15 is 0 Å². The molecule has 10 heteroatoms. The lowest BCUT2D eigenvalue weighted by Gasteiger charge is -2.34. The Bertz CT molecular complexity index is 1240. The van der Waals surface area contributed by atoms with Crippen molar-refractivity contribution in [3.63, 3.8) is 0 Å². The molecule has 0 aliphatic carbocycles. The average molecular weight is 484 g/mol. The van der Waals surface area contributed by atoms with Crippen LogP contribution < -0.4 is 0 Å². The van der Waals surface area contributed by atoms with Crippen molar-refractivity contribution in [2.45, 2.75) is 26.2 Å². The lowest BCUT2D eigenvalue weighted by Crippen LogP contribution is -2.51. The lowest BCUT2D eigenvalue weighted by atomic mass is 10.1. The smallest absolute Gasteiger partial charge is 0.276 e. The molecule has 0 bridgehead atoms. The number of nitrogens with zero attached hydrogens (tertiary/aromatic N) is 5. The van der Waals surface area contributed by atoms with Gasteiger partial charge in [-0.1, -0.05) is 46.6 Å². The number of carbonyl (C=O) groups is 2. The fraction of sp³-hybridized carbons (Fsp3) is 0.333. The second-order valence-corrected chi connectivity index (χ2v) is 8.89. The van der Waals surface area contributed by atoms with Gasteiger partial charge in [0.2, 0.25) is 0 Å². The van der Waals surface area contributed by atoms with Crippen LogP contribution in [0.4, 0.5) is 4.39 Å². The molecule has 3 aromatic rings. The molecule has 5 rings (SSSR count). The summed E-state index contributed by atoms with van der Waals surface area (Å²) in [6.45, 7) is 4.15. The van der Waals surface area contributed by atoms with Crippen molar-refractivity contribution < 1.29 is 18.7 Å². The van der Waals surface area contributed by atoms with E-state index in [4.69, 9.17) is 16.3 Å². The van der Waals surface area contributed by atoms with Gasteiger partial charge >= 0.3 is 0 Å². The number of ether oxygens (including phenoxy) is 1. The Morgan fingerprint density at radius 1 is 1.03 bits per heavy atom. The van der Waals surface area contributed by atoms with E-state index in [2.05, 4.69) is 10.3 Å². The standard InChI is InChI=1S/C24H23ClFN5O3/c1-15-2-4-16(5-3-15)21-13-31-20(14-34-21)22(27-28-31)24(33)30-10-8-29(9-11-30)23(32)18-7-6-17(26)12-19(18)25/h2-7,12,21H,8-11,13-14H2,1H3/t21-/m0/s1. The lowest BCUT2D eigenvalue weighted by molar-refractivity contribution is -0.00203. The molecule has 1 fully saturated rings. The van der Waals surface area contributed by atoms with Crippen LogP contribution in [-0.4, -0.2) is 62.8 Å². The van der Waals surface area contributed by atoms with Crippen LogP contribution in [0, 0.1) is 12.7 Å². The largest absolute Gasteiger partial charge is 0.365 e. The second-order valence-electron chi connectivity index (χ2n) is 8.49. The Hall–Kier alpha value is -3.30. The minimum absolute atomic E-state index is 0.0724. The summed E-state index contributed by atoms with van der Waals surface area (Å²) in [5.41, 5.74) is 3.42. The van der Waals surface area contributed by atoms with E-state index in [-0.39, 0.29) is 40.8 Å². The number of fused-ring (bicyclic) bond motifs is 1. The molecule has 3 heterocycles. The fourth-order valence-electron chi connectivity index (χ4n) is 4.26. The van der Waals surface area contributed by atoms with Crippen molar-refractivity contribution >= 4 is 23.4 Å². The summed E-state index contributed by atoms with van der Waals surface area (Å²) < 4.78 is 21.0. The minimum Gasteiger partial charge on any atom is -0.365 e. The number of aromatic nitrogens is 3. The van der Waals surface area contributed by atoms with E-state index < -0.39 is 5.82 Å². The average Bonchev–Trinajstić information content (AvgIpc) is 3.27. The van der Waals surface area contributed by atoms with Gasteiger partial charge in [0.25, 0.3) is 11.8 Å². The second kappa shape index (κ2) is 9.15. The molecule has 8 nitrogen and oxygen atoms in total. The molecule has 0 radical (unpaired) electrons. The van der Waals surface area contributed by atoms with Crippen molar-refractivity contribution in [1.29, 1.82) is 0 Å². The van der Waals surface area contributed by atoms with Crippen molar-refractivity contribution in [3.8, 4) is 0 Å². The van der Waals surface area contributed by atoms with Gasteiger partial charge < -0.3 is 14.5 Å². The van der Waals surface area contributed by atoms with E-state index in [1.54, 1.807) is 14.5 Å². The Labute approximate surface area is 200 Å². The first-order valence-corrected chi connectivity index (χ1v) is 11.4. The molecule has 0 spiro atoms. The molecule has 34 heavy (non-hydrogen) atoms. The molecule has 1 atom stereocenters. The number of halogens is 2. The summed E-state index contributed by atoms with van der Waals surface area (Å²) in [7, 11) is 0. The summed E-state index contributed by atoms with van der Waals surface area (Å²) in [5.74, 6) is -1.01. The summed E-state index contributed by atoms with van der Waals surface area (Å²) in [6.07, 6.45) is -0.148. The van der Waals surface area contributed by atoms with Crippen LogP contribution in [0.3, 0.4) is 0 Å². The normalized spacial score (nSPS) is 18.0. The number of benzene rings is 2. The maximum Gasteiger partial charge on any atom is 0.276 e. The molecule has 0 unspecified atom stereocenters. The van der Waals surface area contributed by atoms with Crippen molar-refractivity contribution in [2.75, 3.05) is 26.2 Å². The first-order valence-electron chi connectivity index (χ1n) is 11.0. The minimum atomic E-state index is -0.497. The van der Waals surface area contributed by atoms with Gasteiger partial charge in [0.05, 0.1) is 29.4 Å². The van der Waals surface area contributed by atoms with E-state index in [0.29, 0.717) is 38.4 Å². The molecule has 0 saturated carbocycles. The van der Waals surface area contributed by atoms with Gasteiger partial charge in [0.1, 0.15) is 11.9 Å². The zero-order valence-electron chi connectivity index (χ0n) is 18.6. The Morgan fingerprint density at radius 2 is 1.71 bits per heavy atom. The summed E-state index contributed by atoms with van der Waals surface area (Å²) in [5, 5.41) is 8.41. The molecule has 2 aromatic carbocycles. The number of piperazine rings is 1. The fourth-order valence-corrected chi connectivity index (χ4v) is 4.50. The number of hydrogen-bond donors (Lipinski definition) is 0. The number of aryl methyl sites for hydroxylation is 1. The molecule has 0 N–H and O–H groups in total. The van der Waals surface area contributed by atoms with Gasteiger partial charge in [0.15, 0.2) is 5.69 Å². The van der Waals surface area contributed by atoms with Gasteiger partial charge in [-0.25, -0.2) is 9.07 Å². The van der Waals surface area contributed by atoms with E-state index in [0.717, 1.165) is 11.6 Å². The summed E-state index contributed by atoms with van der Waals surface area (Å²) in [4.78, 5) is 29.2. The van der Waals surface area contributed by atoms with Crippen molar-refractivity contribution in [3.05, 3.63) is 81.4 Å². The SMILES string of the molecule is Cc1ccc([C@@H]2Cn3nnc(C(=O)N4CCN(C(=O)c5ccc(F)cc5Cl)CC4)c3CO2)cc1. The van der Waals surface area contributed by atoms with Gasteiger partial charge in [-0.2, -0.15) is 0 Å². The van der Waals surface area contributed by atoms with Crippen LogP contribution in [0.15, 0.2) is 42.5 Å². The van der Waals surface area contributed by atoms with Crippen LogP contribution >= 0.6 is 11.6 Å². The highest BCUT2D eigenvalue weighted by Gasteiger charge is 2.32. The van der Waals surface area contributed by atoms with Crippen LogP contribution in [0.2, 0.25) is 5.02 Å². The Balaban J connectivity index is 1.23. The molecular formula is C24H23ClFN5O3. The van der Waals surface area contributed by atoms with Crippen molar-refractivity contribution in [1.82, 2.24) is 24.8 Å². The Morgan fingerprint density at radius 3 is 2.38 bits per heavy atom.